The Balaban J connectivity index is 1.56. The van der Waals surface area contributed by atoms with Crippen molar-refractivity contribution in [1.82, 2.24) is 9.88 Å². The number of halogens is 1. The summed E-state index contributed by atoms with van der Waals surface area (Å²) in [5.74, 6) is -0.100. The second-order valence-corrected chi connectivity index (χ2v) is 7.60. The van der Waals surface area contributed by atoms with E-state index in [1.165, 1.54) is 23.8 Å². The Kier molecular flexibility index (Phi) is 5.78. The summed E-state index contributed by atoms with van der Waals surface area (Å²) in [7, 11) is 0. The third kappa shape index (κ3) is 4.53. The maximum absolute atomic E-state index is 12.5. The van der Waals surface area contributed by atoms with E-state index in [2.05, 4.69) is 22.1 Å². The van der Waals surface area contributed by atoms with Crippen molar-refractivity contribution in [3.8, 4) is 0 Å². The van der Waals surface area contributed by atoms with Gasteiger partial charge in [-0.15, -0.1) is 11.3 Å². The molecule has 1 aliphatic heterocycles. The number of thiazole rings is 1. The maximum atomic E-state index is 12.5. The van der Waals surface area contributed by atoms with Crippen molar-refractivity contribution in [3.63, 3.8) is 0 Å². The topological polar surface area (TPSA) is 65.5 Å². The number of carbonyl (C=O) groups excluding carboxylic acids is 2. The highest BCUT2D eigenvalue weighted by molar-refractivity contribution is 7.13. The average molecular weight is 393 g/mol. The molecule has 2 aromatic rings. The number of hydrogen-bond acceptors (Lipinski definition) is 5. The van der Waals surface area contributed by atoms with Crippen LogP contribution < -0.4 is 10.2 Å². The summed E-state index contributed by atoms with van der Waals surface area (Å²) >= 11 is 7.45. The first-order valence-corrected chi connectivity index (χ1v) is 9.69. The van der Waals surface area contributed by atoms with E-state index in [0.717, 1.165) is 23.8 Å². The van der Waals surface area contributed by atoms with Gasteiger partial charge >= 0.3 is 0 Å². The Morgan fingerprint density at radius 2 is 2.00 bits per heavy atom. The summed E-state index contributed by atoms with van der Waals surface area (Å²) in [4.78, 5) is 32.0. The number of anilines is 2. The van der Waals surface area contributed by atoms with Crippen LogP contribution in [0.4, 0.5) is 10.8 Å². The molecule has 2 heterocycles. The van der Waals surface area contributed by atoms with E-state index in [9.17, 15) is 9.59 Å². The zero-order chi connectivity index (χ0) is 18.7. The van der Waals surface area contributed by atoms with E-state index in [1.807, 2.05) is 28.5 Å². The number of rotatable bonds is 4. The molecule has 0 unspecified atom stereocenters. The zero-order valence-corrected chi connectivity index (χ0v) is 16.4. The second-order valence-electron chi connectivity index (χ2n) is 6.30. The lowest BCUT2D eigenvalue weighted by molar-refractivity contribution is -0.130. The molecule has 138 valence electrons. The van der Waals surface area contributed by atoms with Crippen molar-refractivity contribution in [2.75, 3.05) is 36.4 Å². The summed E-state index contributed by atoms with van der Waals surface area (Å²) < 4.78 is 0. The zero-order valence-electron chi connectivity index (χ0n) is 14.8. The van der Waals surface area contributed by atoms with Crippen LogP contribution in [-0.2, 0) is 16.0 Å². The van der Waals surface area contributed by atoms with Gasteiger partial charge in [-0.25, -0.2) is 4.98 Å². The first kappa shape index (κ1) is 18.7. The van der Waals surface area contributed by atoms with Crippen molar-refractivity contribution in [2.24, 2.45) is 0 Å². The highest BCUT2D eigenvalue weighted by Gasteiger charge is 2.23. The Morgan fingerprint density at radius 3 is 2.69 bits per heavy atom. The molecule has 6 nitrogen and oxygen atoms in total. The number of hydrogen-bond donors (Lipinski definition) is 1. The molecule has 2 amide bonds. The average Bonchev–Trinajstić information content (AvgIpc) is 3.03. The van der Waals surface area contributed by atoms with Gasteiger partial charge in [0.15, 0.2) is 5.13 Å². The van der Waals surface area contributed by atoms with E-state index >= 15 is 0 Å². The second kappa shape index (κ2) is 8.05. The van der Waals surface area contributed by atoms with Gasteiger partial charge in [0, 0.05) is 49.2 Å². The monoisotopic (exact) mass is 392 g/mol. The molecule has 1 fully saturated rings. The molecule has 1 N–H and O–H groups in total. The van der Waals surface area contributed by atoms with Crippen LogP contribution in [0.2, 0.25) is 5.02 Å². The number of aryl methyl sites for hydroxylation is 1. The molecule has 0 atom stereocenters. The minimum absolute atomic E-state index is 0.0622. The number of nitrogens with one attached hydrogen (secondary N) is 1. The highest BCUT2D eigenvalue weighted by Crippen LogP contribution is 2.25. The van der Waals surface area contributed by atoms with Crippen LogP contribution in [0, 0.1) is 6.92 Å². The molecule has 0 radical (unpaired) electrons. The summed E-state index contributed by atoms with van der Waals surface area (Å²) in [5.41, 5.74) is 3.00. The fourth-order valence-corrected chi connectivity index (χ4v) is 3.91. The Bertz CT molecular complexity index is 815. The van der Waals surface area contributed by atoms with Crippen molar-refractivity contribution in [1.29, 1.82) is 0 Å². The van der Waals surface area contributed by atoms with Gasteiger partial charge in [0.2, 0.25) is 11.8 Å². The van der Waals surface area contributed by atoms with Crippen molar-refractivity contribution in [2.45, 2.75) is 20.3 Å². The summed E-state index contributed by atoms with van der Waals surface area (Å²) in [6.07, 6.45) is 0.256. The fraction of sp³-hybridized carbons (Fsp3) is 0.389. The molecule has 26 heavy (non-hydrogen) atoms. The van der Waals surface area contributed by atoms with Crippen molar-refractivity contribution < 1.29 is 9.59 Å². The van der Waals surface area contributed by atoms with Gasteiger partial charge in [0.1, 0.15) is 0 Å². The minimum Gasteiger partial charge on any atom is -0.368 e. The van der Waals surface area contributed by atoms with E-state index in [4.69, 9.17) is 11.6 Å². The van der Waals surface area contributed by atoms with Crippen LogP contribution in [0.1, 0.15) is 18.2 Å². The smallest absolute Gasteiger partial charge is 0.228 e. The van der Waals surface area contributed by atoms with Gasteiger partial charge in [0.25, 0.3) is 0 Å². The lowest BCUT2D eigenvalue weighted by atomic mass is 10.1. The lowest BCUT2D eigenvalue weighted by Crippen LogP contribution is -2.49. The Labute approximate surface area is 161 Å². The van der Waals surface area contributed by atoms with E-state index < -0.39 is 0 Å². The largest absolute Gasteiger partial charge is 0.368 e. The molecular formula is C18H21ClN4O2S. The van der Waals surface area contributed by atoms with E-state index in [0.29, 0.717) is 23.9 Å². The number of carbonyl (C=O) groups is 2. The number of aromatic nitrogens is 1. The van der Waals surface area contributed by atoms with Crippen molar-refractivity contribution >= 4 is 45.6 Å². The van der Waals surface area contributed by atoms with Gasteiger partial charge in [-0.2, -0.15) is 0 Å². The molecule has 0 aliphatic carbocycles. The predicted octanol–water partition coefficient (Wildman–Crippen LogP) is 2.95. The minimum atomic E-state index is -0.162. The molecule has 1 aliphatic rings. The number of amides is 2. The van der Waals surface area contributed by atoms with Gasteiger partial charge in [-0.3, -0.25) is 9.59 Å². The van der Waals surface area contributed by atoms with E-state index in [1.54, 1.807) is 0 Å². The molecular weight excluding hydrogens is 372 g/mol. The third-order valence-corrected chi connectivity index (χ3v) is 5.35. The van der Waals surface area contributed by atoms with Crippen LogP contribution in [0.5, 0.6) is 0 Å². The molecule has 0 spiro atoms. The number of nitrogens with zero attached hydrogens (tertiary/aromatic N) is 3. The number of benzene rings is 1. The maximum Gasteiger partial charge on any atom is 0.228 e. The first-order valence-electron chi connectivity index (χ1n) is 8.43. The van der Waals surface area contributed by atoms with E-state index in [-0.39, 0.29) is 18.2 Å². The molecule has 0 saturated carbocycles. The molecule has 1 saturated heterocycles. The first-order chi connectivity index (χ1) is 12.4. The van der Waals surface area contributed by atoms with Crippen LogP contribution >= 0.6 is 22.9 Å². The lowest BCUT2D eigenvalue weighted by Gasteiger charge is -2.36. The molecule has 3 rings (SSSR count). The molecule has 1 aromatic heterocycles. The summed E-state index contributed by atoms with van der Waals surface area (Å²) in [6, 6.07) is 5.89. The van der Waals surface area contributed by atoms with Crippen LogP contribution in [0.15, 0.2) is 23.6 Å². The van der Waals surface area contributed by atoms with Gasteiger partial charge < -0.3 is 15.1 Å². The molecule has 0 bridgehead atoms. The standard InChI is InChI=1S/C18H21ClN4O2S/c1-12-3-4-14(19)9-16(12)22-5-7-23(8-6-22)17(25)10-15-11-26-18(21-15)20-13(2)24/h3-4,9,11H,5-8,10H2,1-2H3,(H,20,21,24). The fourth-order valence-electron chi connectivity index (χ4n) is 2.98. The van der Waals surface area contributed by atoms with Crippen LogP contribution in [0.25, 0.3) is 0 Å². The Morgan fingerprint density at radius 1 is 1.27 bits per heavy atom. The van der Waals surface area contributed by atoms with Crippen molar-refractivity contribution in [3.05, 3.63) is 39.9 Å². The van der Waals surface area contributed by atoms with Crippen LogP contribution in [-0.4, -0.2) is 47.9 Å². The quantitative estimate of drug-likeness (QED) is 0.868. The van der Waals surface area contributed by atoms with Gasteiger partial charge in [-0.1, -0.05) is 17.7 Å². The predicted molar refractivity (Wildman–Crippen MR) is 105 cm³/mol. The SMILES string of the molecule is CC(=O)Nc1nc(CC(=O)N2CCN(c3cc(Cl)ccc3C)CC2)cs1. The summed E-state index contributed by atoms with van der Waals surface area (Å²) in [5, 5.41) is 5.71. The van der Waals surface area contributed by atoms with Crippen LogP contribution in [0.3, 0.4) is 0 Å². The summed E-state index contributed by atoms with van der Waals surface area (Å²) in [6.45, 7) is 6.41. The van der Waals surface area contributed by atoms with Gasteiger partial charge in [0.05, 0.1) is 12.1 Å². The number of piperazine rings is 1. The Hall–Kier alpha value is -2.12. The third-order valence-electron chi connectivity index (χ3n) is 4.31. The normalized spacial score (nSPS) is 14.4. The van der Waals surface area contributed by atoms with Gasteiger partial charge in [-0.05, 0) is 24.6 Å². The molecule has 1 aromatic carbocycles. The molecule has 8 heteroatoms. The highest BCUT2D eigenvalue weighted by atomic mass is 35.5.